The quantitative estimate of drug-likeness (QED) is 0.795. The predicted molar refractivity (Wildman–Crippen MR) is 72.8 cm³/mol. The van der Waals surface area contributed by atoms with Gasteiger partial charge < -0.3 is 10.0 Å². The third-order valence-corrected chi connectivity index (χ3v) is 4.12. The van der Waals surface area contributed by atoms with Gasteiger partial charge in [-0.05, 0) is 44.9 Å². The van der Waals surface area contributed by atoms with Crippen LogP contribution >= 0.6 is 0 Å². The molecule has 1 aliphatic carbocycles. The minimum absolute atomic E-state index is 0.0881. The highest BCUT2D eigenvalue weighted by atomic mass is 16.4. The Kier molecular flexibility index (Phi) is 5.00. The molecule has 0 radical (unpaired) electrons. The topological polar surface area (TPSA) is 57.6 Å². The molecule has 0 aromatic heterocycles. The first-order valence-electron chi connectivity index (χ1n) is 7.36. The number of hydrogen-bond donors (Lipinski definition) is 1. The second-order valence-electron chi connectivity index (χ2n) is 5.62. The molecule has 1 saturated heterocycles. The van der Waals surface area contributed by atoms with Gasteiger partial charge in [-0.3, -0.25) is 9.59 Å². The highest BCUT2D eigenvalue weighted by Crippen LogP contribution is 2.25. The average molecular weight is 265 g/mol. The summed E-state index contributed by atoms with van der Waals surface area (Å²) < 4.78 is 0. The van der Waals surface area contributed by atoms with Crippen LogP contribution in [0.3, 0.4) is 0 Å². The largest absolute Gasteiger partial charge is 0.481 e. The van der Waals surface area contributed by atoms with Gasteiger partial charge in [0.1, 0.15) is 0 Å². The number of carboxylic acid groups (broad SMARTS) is 1. The van der Waals surface area contributed by atoms with Crippen molar-refractivity contribution in [2.45, 2.75) is 63.8 Å². The van der Waals surface area contributed by atoms with Crippen molar-refractivity contribution in [3.63, 3.8) is 0 Å². The standard InChI is InChI=1S/C15H23NO3/c17-14(10-12-6-2-1-3-7-12)16-9-5-4-8-13(16)11-15(18)19/h6,13H,1-5,7-11H2,(H,18,19)/t13-/m1/s1. The third kappa shape index (κ3) is 4.08. The lowest BCUT2D eigenvalue weighted by Gasteiger charge is -2.35. The number of allylic oxidation sites excluding steroid dienone is 1. The molecule has 2 aliphatic rings. The fourth-order valence-electron chi connectivity index (χ4n) is 3.10. The fourth-order valence-corrected chi connectivity index (χ4v) is 3.10. The van der Waals surface area contributed by atoms with E-state index in [1.165, 1.54) is 18.4 Å². The number of aliphatic carboxylic acids is 1. The first-order chi connectivity index (χ1) is 9.16. The van der Waals surface area contributed by atoms with Crippen LogP contribution in [0.5, 0.6) is 0 Å². The average Bonchev–Trinajstić information content (AvgIpc) is 2.39. The van der Waals surface area contributed by atoms with Crippen molar-refractivity contribution in [2.24, 2.45) is 0 Å². The summed E-state index contributed by atoms with van der Waals surface area (Å²) in [5.41, 5.74) is 1.25. The van der Waals surface area contributed by atoms with E-state index in [0.717, 1.165) is 38.6 Å². The Morgan fingerprint density at radius 1 is 1.26 bits per heavy atom. The summed E-state index contributed by atoms with van der Waals surface area (Å²) in [7, 11) is 0. The normalized spacial score (nSPS) is 23.9. The third-order valence-electron chi connectivity index (χ3n) is 4.12. The van der Waals surface area contributed by atoms with Gasteiger partial charge in [0.2, 0.25) is 5.91 Å². The zero-order valence-corrected chi connectivity index (χ0v) is 11.4. The molecular formula is C15H23NO3. The van der Waals surface area contributed by atoms with Crippen LogP contribution in [0.15, 0.2) is 11.6 Å². The molecule has 0 unspecified atom stereocenters. The Morgan fingerprint density at radius 2 is 2.11 bits per heavy atom. The monoisotopic (exact) mass is 265 g/mol. The first-order valence-corrected chi connectivity index (χ1v) is 7.36. The molecule has 0 saturated carbocycles. The van der Waals surface area contributed by atoms with E-state index in [0.29, 0.717) is 6.42 Å². The Balaban J connectivity index is 1.94. The molecule has 1 fully saturated rings. The van der Waals surface area contributed by atoms with E-state index < -0.39 is 5.97 Å². The molecule has 0 aromatic carbocycles. The van der Waals surface area contributed by atoms with Crippen molar-refractivity contribution in [2.75, 3.05) is 6.54 Å². The summed E-state index contributed by atoms with van der Waals surface area (Å²) in [6.45, 7) is 0.726. The van der Waals surface area contributed by atoms with Crippen molar-refractivity contribution in [1.29, 1.82) is 0 Å². The number of rotatable bonds is 4. The van der Waals surface area contributed by atoms with Gasteiger partial charge in [0.25, 0.3) is 0 Å². The Bertz CT molecular complexity index is 376. The molecule has 19 heavy (non-hydrogen) atoms. The van der Waals surface area contributed by atoms with Gasteiger partial charge in [0, 0.05) is 19.0 Å². The van der Waals surface area contributed by atoms with Crippen molar-refractivity contribution in [1.82, 2.24) is 4.90 Å². The SMILES string of the molecule is O=C(O)C[C@H]1CCCCN1C(=O)CC1=CCCCC1. The molecule has 1 N–H and O–H groups in total. The summed E-state index contributed by atoms with van der Waals surface area (Å²) in [5, 5.41) is 8.94. The van der Waals surface area contributed by atoms with E-state index in [-0.39, 0.29) is 18.4 Å². The molecule has 1 aliphatic heterocycles. The second kappa shape index (κ2) is 6.73. The summed E-state index contributed by atoms with van der Waals surface area (Å²) in [4.78, 5) is 25.0. The van der Waals surface area contributed by atoms with Gasteiger partial charge >= 0.3 is 5.97 Å². The molecule has 1 heterocycles. The summed E-state index contributed by atoms with van der Waals surface area (Å²) in [6.07, 6.45) is 10.2. The zero-order chi connectivity index (χ0) is 13.7. The number of likely N-dealkylation sites (tertiary alicyclic amines) is 1. The molecule has 2 rings (SSSR count). The molecule has 1 amide bonds. The van der Waals surface area contributed by atoms with Gasteiger partial charge in [-0.25, -0.2) is 0 Å². The number of carbonyl (C=O) groups excluding carboxylic acids is 1. The van der Waals surface area contributed by atoms with Crippen LogP contribution in [0.1, 0.15) is 57.8 Å². The van der Waals surface area contributed by atoms with Crippen LogP contribution in [0.4, 0.5) is 0 Å². The predicted octanol–water partition coefficient (Wildman–Crippen LogP) is 2.73. The van der Waals surface area contributed by atoms with E-state index >= 15 is 0 Å². The highest BCUT2D eigenvalue weighted by molar-refractivity contribution is 5.80. The maximum Gasteiger partial charge on any atom is 0.305 e. The first kappa shape index (κ1) is 14.1. The van der Waals surface area contributed by atoms with Gasteiger partial charge in [-0.1, -0.05) is 11.6 Å². The van der Waals surface area contributed by atoms with E-state index in [9.17, 15) is 9.59 Å². The maximum atomic E-state index is 12.4. The number of nitrogens with zero attached hydrogens (tertiary/aromatic N) is 1. The Labute approximate surface area is 114 Å². The van der Waals surface area contributed by atoms with Crippen molar-refractivity contribution < 1.29 is 14.7 Å². The van der Waals surface area contributed by atoms with E-state index in [1.54, 1.807) is 0 Å². The van der Waals surface area contributed by atoms with Gasteiger partial charge in [0.15, 0.2) is 0 Å². The fraction of sp³-hybridized carbons (Fsp3) is 0.733. The van der Waals surface area contributed by atoms with Crippen LogP contribution < -0.4 is 0 Å². The van der Waals surface area contributed by atoms with Gasteiger partial charge in [0.05, 0.1) is 6.42 Å². The van der Waals surface area contributed by atoms with E-state index in [4.69, 9.17) is 5.11 Å². The van der Waals surface area contributed by atoms with Crippen LogP contribution in [-0.4, -0.2) is 34.5 Å². The van der Waals surface area contributed by atoms with Crippen LogP contribution in [0.2, 0.25) is 0 Å². The maximum absolute atomic E-state index is 12.4. The van der Waals surface area contributed by atoms with Gasteiger partial charge in [-0.15, -0.1) is 0 Å². The molecule has 0 aromatic rings. The number of hydrogen-bond acceptors (Lipinski definition) is 2. The Hall–Kier alpha value is -1.32. The summed E-state index contributed by atoms with van der Waals surface area (Å²) in [5.74, 6) is -0.680. The molecule has 1 atom stereocenters. The number of carbonyl (C=O) groups is 2. The zero-order valence-electron chi connectivity index (χ0n) is 11.4. The minimum Gasteiger partial charge on any atom is -0.481 e. The van der Waals surface area contributed by atoms with Crippen molar-refractivity contribution in [3.8, 4) is 0 Å². The number of carboxylic acids is 1. The van der Waals surface area contributed by atoms with Crippen molar-refractivity contribution >= 4 is 11.9 Å². The van der Waals surface area contributed by atoms with E-state index in [2.05, 4.69) is 6.08 Å². The number of piperidine rings is 1. The van der Waals surface area contributed by atoms with Crippen LogP contribution in [0, 0.1) is 0 Å². The van der Waals surface area contributed by atoms with E-state index in [1.807, 2.05) is 4.90 Å². The minimum atomic E-state index is -0.804. The van der Waals surface area contributed by atoms with Crippen LogP contribution in [0.25, 0.3) is 0 Å². The number of amides is 1. The second-order valence-corrected chi connectivity index (χ2v) is 5.62. The lowest BCUT2D eigenvalue weighted by atomic mass is 9.94. The summed E-state index contributed by atoms with van der Waals surface area (Å²) >= 11 is 0. The molecule has 0 spiro atoms. The molecule has 4 nitrogen and oxygen atoms in total. The summed E-state index contributed by atoms with van der Waals surface area (Å²) in [6, 6.07) is -0.0945. The lowest BCUT2D eigenvalue weighted by molar-refractivity contribution is -0.141. The van der Waals surface area contributed by atoms with Crippen molar-refractivity contribution in [3.05, 3.63) is 11.6 Å². The lowest BCUT2D eigenvalue weighted by Crippen LogP contribution is -2.44. The highest BCUT2D eigenvalue weighted by Gasteiger charge is 2.28. The molecule has 106 valence electrons. The Morgan fingerprint density at radius 3 is 2.79 bits per heavy atom. The van der Waals surface area contributed by atoms with Crippen LogP contribution in [-0.2, 0) is 9.59 Å². The smallest absolute Gasteiger partial charge is 0.305 e. The molecular weight excluding hydrogens is 242 g/mol. The molecule has 4 heteroatoms. The van der Waals surface area contributed by atoms with Gasteiger partial charge in [-0.2, -0.15) is 0 Å². The molecule has 0 bridgehead atoms.